The van der Waals surface area contributed by atoms with Crippen molar-refractivity contribution in [3.8, 4) is 47.3 Å². The third kappa shape index (κ3) is 14.5. The Kier molecular flexibility index (Phi) is 20.2. The normalized spacial score (nSPS) is 18.2. The molecule has 0 bridgehead atoms. The Morgan fingerprint density at radius 1 is 0.646 bits per heavy atom. The van der Waals surface area contributed by atoms with Crippen molar-refractivity contribution in [2.75, 3.05) is 33.4 Å². The minimum atomic E-state index is -1.33. The number of esters is 4. The summed E-state index contributed by atoms with van der Waals surface area (Å²) in [4.78, 5) is 111. The number of nitrogens with one attached hydrogen (secondary N) is 1. The number of likely N-dealkylation sites (tertiary alicyclic amines) is 1. The summed E-state index contributed by atoms with van der Waals surface area (Å²) < 4.78 is 55.2. The Morgan fingerprint density at radius 3 is 1.47 bits per heavy atom. The van der Waals surface area contributed by atoms with Gasteiger partial charge in [0.05, 0.1) is 27.5 Å². The number of carboxylic acids is 1. The molecule has 6 heterocycles. The van der Waals surface area contributed by atoms with Gasteiger partial charge in [0.25, 0.3) is 17.7 Å². The minimum Gasteiger partial charge on any atom is -0.478 e. The number of fused-ring (bicyclic) bond motifs is 12. The van der Waals surface area contributed by atoms with Gasteiger partial charge in [0, 0.05) is 105 Å². The van der Waals surface area contributed by atoms with Crippen LogP contribution in [0.25, 0.3) is 0 Å². The fourth-order valence-corrected chi connectivity index (χ4v) is 11.5. The molecule has 6 aromatic rings. The van der Waals surface area contributed by atoms with Crippen molar-refractivity contribution in [3.63, 3.8) is 0 Å². The van der Waals surface area contributed by atoms with Crippen LogP contribution in [-0.2, 0) is 44.6 Å². The van der Waals surface area contributed by atoms with Crippen LogP contribution in [0.4, 0.5) is 0 Å². The Balaban J connectivity index is 0.000000222. The lowest BCUT2D eigenvalue weighted by Gasteiger charge is -2.38. The van der Waals surface area contributed by atoms with Crippen molar-refractivity contribution < 1.29 is 94.8 Å². The lowest BCUT2D eigenvalue weighted by Crippen LogP contribution is -2.43. The molecule has 6 aliphatic rings. The van der Waals surface area contributed by atoms with Gasteiger partial charge in [0.15, 0.2) is 11.2 Å². The molecule has 6 aliphatic heterocycles. The molecular formula is C74H79N3O19. The molecule has 0 aromatic heterocycles. The van der Waals surface area contributed by atoms with Gasteiger partial charge in [-0.1, -0.05) is 49.7 Å². The zero-order valence-corrected chi connectivity index (χ0v) is 54.9. The highest BCUT2D eigenvalue weighted by atomic mass is 16.6. The average Bonchev–Trinajstić information content (AvgIpc) is 1.61. The first kappa shape index (κ1) is 67.2. The number of terminal acetylenes is 1. The van der Waals surface area contributed by atoms with E-state index >= 15 is 0 Å². The first-order chi connectivity index (χ1) is 46.8. The van der Waals surface area contributed by atoms with E-state index in [2.05, 4.69) is 16.8 Å². The maximum absolute atomic E-state index is 13.6. The lowest BCUT2D eigenvalue weighted by molar-refractivity contribution is -0.171. The Labute approximate surface area is 560 Å². The van der Waals surface area contributed by atoms with E-state index in [-0.39, 0.29) is 65.3 Å². The van der Waals surface area contributed by atoms with Crippen LogP contribution in [0.2, 0.25) is 0 Å². The van der Waals surface area contributed by atoms with Crippen molar-refractivity contribution in [3.05, 3.63) is 176 Å². The lowest BCUT2D eigenvalue weighted by atomic mass is 9.77. The SMILES string of the molecule is Cc1ccc2c(c1)Oc1cc(OC(=O)C(C)(C)C)ccc1C21OC(=O)c2cc(C(=O)O)ccc21.O=C1CCC(=O)N1O.[2H]C#C.[2H]CC1(CO)CCN(C(=O)CCCCCNC(=O)c2ccc3c(c2)C(=O)OC32c3ccc(C)cc3Oc3cc(OC(=O)C(C)(C)C)ccc32)CC1.[3H]OC. The van der Waals surface area contributed by atoms with E-state index in [9.17, 15) is 53.4 Å². The van der Waals surface area contributed by atoms with Crippen LogP contribution in [0.5, 0.6) is 34.5 Å². The number of aromatic carboxylic acids is 1. The minimum absolute atomic E-state index is 0.00592. The maximum Gasteiger partial charge on any atom is 0.340 e. The summed E-state index contributed by atoms with van der Waals surface area (Å²) in [6, 6.07) is 30.6. The summed E-state index contributed by atoms with van der Waals surface area (Å²) in [5.74, 6) is -1.97. The van der Waals surface area contributed by atoms with Gasteiger partial charge in [0.2, 0.25) is 7.34 Å². The van der Waals surface area contributed by atoms with E-state index in [1.54, 1.807) is 102 Å². The smallest absolute Gasteiger partial charge is 0.340 e. The van der Waals surface area contributed by atoms with Crippen LogP contribution >= 0.6 is 0 Å². The van der Waals surface area contributed by atoms with Gasteiger partial charge in [0.1, 0.15) is 35.9 Å². The molecule has 2 atom stereocenters. The number of aliphatic hydroxyl groups excluding tert-OH is 2. The molecule has 0 saturated carbocycles. The van der Waals surface area contributed by atoms with E-state index < -0.39 is 63.7 Å². The molecule has 2 saturated heterocycles. The number of ether oxygens (including phenoxy) is 6. The number of carbonyl (C=O) groups excluding carboxylic acids is 8. The largest absolute Gasteiger partial charge is 0.478 e. The van der Waals surface area contributed by atoms with Crippen molar-refractivity contribution in [2.45, 2.75) is 125 Å². The molecule has 504 valence electrons. The number of hydroxylamine groups is 2. The molecule has 22 nitrogen and oxygen atoms in total. The molecular weight excluding hydrogens is 1230 g/mol. The maximum atomic E-state index is 13.6. The van der Waals surface area contributed by atoms with Crippen LogP contribution in [-0.4, -0.2) is 119 Å². The number of carboxylic acid groups (broad SMARTS) is 1. The molecule has 0 aliphatic carbocycles. The summed E-state index contributed by atoms with van der Waals surface area (Å²) in [6.07, 6.45) is 9.95. The van der Waals surface area contributed by atoms with Crippen LogP contribution < -0.4 is 24.3 Å². The van der Waals surface area contributed by atoms with E-state index in [0.717, 1.165) is 17.5 Å². The summed E-state index contributed by atoms with van der Waals surface area (Å²) in [7, 11) is 1.29. The van der Waals surface area contributed by atoms with Crippen molar-refractivity contribution >= 4 is 53.5 Å². The average molecular weight is 1320 g/mol. The number of unbranched alkanes of at least 4 members (excludes halogenated alkanes) is 2. The Bertz CT molecular complexity index is 4180. The fraction of sp³-hybridized carbons (Fsp3) is 0.365. The van der Waals surface area contributed by atoms with Gasteiger partial charge in [-0.05, 0) is 158 Å². The zero-order valence-electron chi connectivity index (χ0n) is 57.9. The Hall–Kier alpha value is -10.2. The molecule has 2 fully saturated rings. The molecule has 0 radical (unpaired) electrons. The number of amides is 4. The molecule has 4 amide bonds. The number of piperidine rings is 1. The van der Waals surface area contributed by atoms with Gasteiger partial charge in [-0.15, -0.1) is 12.8 Å². The van der Waals surface area contributed by atoms with E-state index in [0.29, 0.717) is 125 Å². The third-order valence-corrected chi connectivity index (χ3v) is 16.9. The van der Waals surface area contributed by atoms with Crippen molar-refractivity contribution in [1.82, 2.24) is 15.3 Å². The van der Waals surface area contributed by atoms with Crippen LogP contribution in [0.3, 0.4) is 0 Å². The predicted octanol–water partition coefficient (Wildman–Crippen LogP) is 11.0. The number of hydrogen-bond donors (Lipinski definition) is 5. The van der Waals surface area contributed by atoms with E-state index in [1.807, 2.05) is 55.1 Å². The molecule has 96 heavy (non-hydrogen) atoms. The molecule has 5 N–H and O–H groups in total. The summed E-state index contributed by atoms with van der Waals surface area (Å²) in [6.45, 7) is 16.2. The second-order valence-corrected chi connectivity index (χ2v) is 26.0. The number of nitrogens with zero attached hydrogens (tertiary/aromatic N) is 2. The Morgan fingerprint density at radius 2 is 1.06 bits per heavy atom. The molecule has 12 rings (SSSR count). The number of carbonyl (C=O) groups is 9. The molecule has 6 aromatic carbocycles. The zero-order chi connectivity index (χ0) is 72.5. The van der Waals surface area contributed by atoms with Gasteiger partial charge < -0.3 is 54.0 Å². The molecule has 2 spiro atoms. The fourth-order valence-electron chi connectivity index (χ4n) is 11.5. The standard InChI is InChI=1S/C40H46N2O8.C27H22O7.C4H5NO3.C2H2.CH4O/c1-25-10-13-30-32(21-25)49-33-23-27(48-37(47)38(2,3)4)12-15-31(33)40(30)29-14-11-26(22-28(29)36(46)50-40)35(45)41-18-8-6-7-9-34(44)42-19-16-39(5,24-43)17-20-42;1-14-5-8-19-21(11-14)33-22-13-16(32-25(31)26(2,3)4)7-10-20(22)27(19)18-9-6-15(23(28)29)12-17(18)24(30)34-27;6-3-1-2-4(7)5(3)8;2*1-2/h10-15,21-23,43H,6-9,16-20,24H2,1-5H3,(H,41,45);5-13H,1-4H3,(H,28,29);8H,1-2H2;1-2H;2H,1H3/i5D;;;1D;2T. The highest BCUT2D eigenvalue weighted by Crippen LogP contribution is 2.59. The highest BCUT2D eigenvalue weighted by Gasteiger charge is 2.55. The van der Waals surface area contributed by atoms with Crippen molar-refractivity contribution in [2.24, 2.45) is 16.2 Å². The summed E-state index contributed by atoms with van der Waals surface area (Å²) in [5, 5.41) is 34.0. The molecule has 22 heteroatoms. The second kappa shape index (κ2) is 28.8. The number of rotatable bonds is 11. The van der Waals surface area contributed by atoms with Crippen LogP contribution in [0.1, 0.15) is 188 Å². The number of aliphatic hydroxyl groups is 2. The quantitative estimate of drug-likeness (QED) is 0.0201. The number of benzene rings is 6. The topological polar surface area (TPSA) is 308 Å². The van der Waals surface area contributed by atoms with Gasteiger partial charge in [-0.2, -0.15) is 5.06 Å². The van der Waals surface area contributed by atoms with Crippen LogP contribution in [0, 0.1) is 42.9 Å². The van der Waals surface area contributed by atoms with Gasteiger partial charge >= 0.3 is 29.8 Å². The van der Waals surface area contributed by atoms with E-state index in [4.69, 9.17) is 37.8 Å². The van der Waals surface area contributed by atoms with Crippen LogP contribution in [0.15, 0.2) is 109 Å². The second-order valence-electron chi connectivity index (χ2n) is 26.0. The van der Waals surface area contributed by atoms with Gasteiger partial charge in [-0.25, -0.2) is 14.4 Å². The third-order valence-electron chi connectivity index (χ3n) is 16.9. The predicted molar refractivity (Wildman–Crippen MR) is 349 cm³/mol. The number of aryl methyl sites for hydroxylation is 2. The highest BCUT2D eigenvalue weighted by molar-refractivity contribution is 6.03. The summed E-state index contributed by atoms with van der Waals surface area (Å²) in [5.41, 5.74) is 1.73. The number of imide groups is 1. The van der Waals surface area contributed by atoms with Crippen molar-refractivity contribution in [1.29, 1.82) is 1.43 Å². The first-order valence-corrected chi connectivity index (χ1v) is 31.0. The molecule has 2 unspecified atom stereocenters. The first-order valence-electron chi connectivity index (χ1n) is 32.6. The van der Waals surface area contributed by atoms with E-state index in [1.165, 1.54) is 25.6 Å². The van der Waals surface area contributed by atoms with Gasteiger partial charge in [-0.3, -0.25) is 34.0 Å². The number of hydrogen-bond acceptors (Lipinski definition) is 18. The summed E-state index contributed by atoms with van der Waals surface area (Å²) >= 11 is 0. The monoisotopic (exact) mass is 1320 g/mol.